The van der Waals surface area contributed by atoms with Gasteiger partial charge in [0, 0.05) is 10.2 Å². The maximum Gasteiger partial charge on any atom is 0.0345 e. The number of nitrogens with two attached hydrogens (primary N) is 1. The number of rotatable bonds is 3. The SMILES string of the molecule is NC1(Cc2csc3ccccc23)CCCC(C2CC2)C1. The standard InChI is InChI=1S/C18H23NS/c19-18(9-3-4-14(10-18)13-7-8-13)11-15-12-20-17-6-2-1-5-16(15)17/h1-2,5-6,12-14H,3-4,7-11,19H2. The number of benzene rings is 1. The molecule has 0 saturated heterocycles. The Balaban J connectivity index is 1.57. The van der Waals surface area contributed by atoms with Crippen molar-refractivity contribution in [3.8, 4) is 0 Å². The summed E-state index contributed by atoms with van der Waals surface area (Å²) in [5, 5.41) is 3.76. The molecule has 106 valence electrons. The zero-order valence-corrected chi connectivity index (χ0v) is 12.8. The summed E-state index contributed by atoms with van der Waals surface area (Å²) in [4.78, 5) is 0. The fourth-order valence-corrected chi connectivity index (χ4v) is 5.08. The first-order valence-electron chi connectivity index (χ1n) is 7.98. The first-order valence-corrected chi connectivity index (χ1v) is 8.85. The van der Waals surface area contributed by atoms with Crippen molar-refractivity contribution in [2.75, 3.05) is 0 Å². The highest BCUT2D eigenvalue weighted by Gasteiger charge is 2.40. The summed E-state index contributed by atoms with van der Waals surface area (Å²) in [7, 11) is 0. The topological polar surface area (TPSA) is 26.0 Å². The van der Waals surface area contributed by atoms with E-state index >= 15 is 0 Å². The molecule has 2 N–H and O–H groups in total. The van der Waals surface area contributed by atoms with Crippen molar-refractivity contribution in [1.82, 2.24) is 0 Å². The van der Waals surface area contributed by atoms with Crippen LogP contribution in [0.5, 0.6) is 0 Å². The van der Waals surface area contributed by atoms with Gasteiger partial charge in [0.05, 0.1) is 0 Å². The predicted octanol–water partition coefficient (Wildman–Crippen LogP) is 4.74. The molecule has 4 rings (SSSR count). The molecule has 1 aromatic heterocycles. The van der Waals surface area contributed by atoms with Gasteiger partial charge in [-0.2, -0.15) is 0 Å². The van der Waals surface area contributed by atoms with Gasteiger partial charge in [0.2, 0.25) is 0 Å². The third-order valence-corrected chi connectivity index (χ3v) is 6.32. The van der Waals surface area contributed by atoms with E-state index in [4.69, 9.17) is 5.73 Å². The highest BCUT2D eigenvalue weighted by molar-refractivity contribution is 7.17. The average Bonchev–Trinajstić information content (AvgIpc) is 3.23. The van der Waals surface area contributed by atoms with Crippen LogP contribution in [-0.4, -0.2) is 5.54 Å². The summed E-state index contributed by atoms with van der Waals surface area (Å²) in [6.45, 7) is 0. The van der Waals surface area contributed by atoms with Gasteiger partial charge in [-0.15, -0.1) is 11.3 Å². The highest BCUT2D eigenvalue weighted by atomic mass is 32.1. The molecular weight excluding hydrogens is 262 g/mol. The van der Waals surface area contributed by atoms with Gasteiger partial charge in [-0.05, 0) is 66.3 Å². The molecule has 0 amide bonds. The molecule has 2 unspecified atom stereocenters. The molecule has 2 aliphatic carbocycles. The maximum absolute atomic E-state index is 6.80. The van der Waals surface area contributed by atoms with Crippen LogP contribution >= 0.6 is 11.3 Å². The molecule has 20 heavy (non-hydrogen) atoms. The van der Waals surface area contributed by atoms with Gasteiger partial charge in [-0.25, -0.2) is 0 Å². The quantitative estimate of drug-likeness (QED) is 0.866. The van der Waals surface area contributed by atoms with Crippen molar-refractivity contribution < 1.29 is 0 Å². The van der Waals surface area contributed by atoms with Gasteiger partial charge in [-0.1, -0.05) is 31.0 Å². The van der Waals surface area contributed by atoms with E-state index < -0.39 is 0 Å². The van der Waals surface area contributed by atoms with Crippen molar-refractivity contribution in [3.63, 3.8) is 0 Å². The van der Waals surface area contributed by atoms with Crippen LogP contribution in [0, 0.1) is 11.8 Å². The molecule has 0 aliphatic heterocycles. The summed E-state index contributed by atoms with van der Waals surface area (Å²) in [6, 6.07) is 8.76. The molecule has 0 bridgehead atoms. The van der Waals surface area contributed by atoms with E-state index in [0.717, 1.165) is 18.3 Å². The number of hydrogen-bond acceptors (Lipinski definition) is 2. The van der Waals surface area contributed by atoms with E-state index in [1.165, 1.54) is 54.2 Å². The van der Waals surface area contributed by atoms with Crippen LogP contribution in [0.3, 0.4) is 0 Å². The normalized spacial score (nSPS) is 30.8. The summed E-state index contributed by atoms with van der Waals surface area (Å²) in [5.41, 5.74) is 8.33. The van der Waals surface area contributed by atoms with Crippen LogP contribution in [-0.2, 0) is 6.42 Å². The first-order chi connectivity index (χ1) is 9.73. The Morgan fingerprint density at radius 3 is 2.85 bits per heavy atom. The molecule has 2 fully saturated rings. The minimum absolute atomic E-state index is 0.0509. The van der Waals surface area contributed by atoms with Gasteiger partial charge in [0.15, 0.2) is 0 Å². The monoisotopic (exact) mass is 285 g/mol. The van der Waals surface area contributed by atoms with Crippen LogP contribution in [0.2, 0.25) is 0 Å². The zero-order chi connectivity index (χ0) is 13.6. The summed E-state index contributed by atoms with van der Waals surface area (Å²) in [5.74, 6) is 1.93. The second kappa shape index (κ2) is 4.85. The Bertz CT molecular complexity index is 613. The van der Waals surface area contributed by atoms with E-state index in [0.29, 0.717) is 0 Å². The molecule has 1 heterocycles. The second-order valence-electron chi connectivity index (χ2n) is 6.99. The summed E-state index contributed by atoms with van der Waals surface area (Å²) < 4.78 is 1.40. The largest absolute Gasteiger partial charge is 0.325 e. The average molecular weight is 285 g/mol. The van der Waals surface area contributed by atoms with E-state index in [2.05, 4.69) is 29.6 Å². The van der Waals surface area contributed by atoms with Gasteiger partial charge in [0.1, 0.15) is 0 Å². The number of fused-ring (bicyclic) bond motifs is 1. The van der Waals surface area contributed by atoms with Crippen molar-refractivity contribution in [2.24, 2.45) is 17.6 Å². The Kier molecular flexibility index (Phi) is 3.12. The van der Waals surface area contributed by atoms with Crippen molar-refractivity contribution >= 4 is 21.4 Å². The molecule has 0 radical (unpaired) electrons. The van der Waals surface area contributed by atoms with Gasteiger partial charge >= 0.3 is 0 Å². The Morgan fingerprint density at radius 2 is 2.00 bits per heavy atom. The van der Waals surface area contributed by atoms with E-state index in [-0.39, 0.29) is 5.54 Å². The molecular formula is C18H23NS. The van der Waals surface area contributed by atoms with Crippen molar-refractivity contribution in [2.45, 2.75) is 50.5 Å². The van der Waals surface area contributed by atoms with E-state index in [9.17, 15) is 0 Å². The Morgan fingerprint density at radius 1 is 1.15 bits per heavy atom. The minimum atomic E-state index is 0.0509. The van der Waals surface area contributed by atoms with Crippen LogP contribution < -0.4 is 5.73 Å². The van der Waals surface area contributed by atoms with E-state index in [1.807, 2.05) is 11.3 Å². The fraction of sp³-hybridized carbons (Fsp3) is 0.556. The van der Waals surface area contributed by atoms with Gasteiger partial charge in [0.25, 0.3) is 0 Å². The van der Waals surface area contributed by atoms with E-state index in [1.54, 1.807) is 0 Å². The lowest BCUT2D eigenvalue weighted by Crippen LogP contribution is -2.46. The predicted molar refractivity (Wildman–Crippen MR) is 87.1 cm³/mol. The lowest BCUT2D eigenvalue weighted by atomic mass is 9.72. The Hall–Kier alpha value is -0.860. The molecule has 2 saturated carbocycles. The number of thiophene rings is 1. The highest BCUT2D eigenvalue weighted by Crippen LogP contribution is 2.47. The smallest absolute Gasteiger partial charge is 0.0345 e. The first kappa shape index (κ1) is 12.8. The number of hydrogen-bond donors (Lipinski definition) is 1. The van der Waals surface area contributed by atoms with Crippen LogP contribution in [0.1, 0.15) is 44.1 Å². The molecule has 2 aromatic rings. The van der Waals surface area contributed by atoms with Crippen LogP contribution in [0.15, 0.2) is 29.6 Å². The van der Waals surface area contributed by atoms with Crippen LogP contribution in [0.25, 0.3) is 10.1 Å². The second-order valence-corrected chi connectivity index (χ2v) is 7.90. The molecule has 1 nitrogen and oxygen atoms in total. The van der Waals surface area contributed by atoms with Crippen LogP contribution in [0.4, 0.5) is 0 Å². The van der Waals surface area contributed by atoms with Crippen molar-refractivity contribution in [3.05, 3.63) is 35.2 Å². The minimum Gasteiger partial charge on any atom is -0.325 e. The molecule has 2 heteroatoms. The summed E-state index contributed by atoms with van der Waals surface area (Å²) in [6.07, 6.45) is 9.21. The molecule has 2 atom stereocenters. The van der Waals surface area contributed by atoms with Gasteiger partial charge in [-0.3, -0.25) is 0 Å². The summed E-state index contributed by atoms with van der Waals surface area (Å²) >= 11 is 1.87. The van der Waals surface area contributed by atoms with Gasteiger partial charge < -0.3 is 5.73 Å². The fourth-order valence-electron chi connectivity index (χ4n) is 4.12. The molecule has 2 aliphatic rings. The third kappa shape index (κ3) is 2.40. The van der Waals surface area contributed by atoms with Crippen molar-refractivity contribution in [1.29, 1.82) is 0 Å². The lowest BCUT2D eigenvalue weighted by molar-refractivity contribution is 0.205. The molecule has 0 spiro atoms. The molecule has 1 aromatic carbocycles. The Labute approximate surface area is 125 Å². The maximum atomic E-state index is 6.80. The lowest BCUT2D eigenvalue weighted by Gasteiger charge is -2.38. The third-order valence-electron chi connectivity index (χ3n) is 5.31. The zero-order valence-electron chi connectivity index (χ0n) is 12.0.